The van der Waals surface area contributed by atoms with Crippen molar-refractivity contribution < 1.29 is 9.53 Å². The van der Waals surface area contributed by atoms with Crippen LogP contribution in [0, 0.1) is 0 Å². The van der Waals surface area contributed by atoms with E-state index in [1.807, 2.05) is 37.8 Å². The molecule has 2 aromatic carbocycles. The van der Waals surface area contributed by atoms with Crippen LogP contribution in [0.15, 0.2) is 34.8 Å². The van der Waals surface area contributed by atoms with E-state index in [2.05, 4.69) is 46.0 Å². The number of hydrogen-bond acceptors (Lipinski definition) is 3. The van der Waals surface area contributed by atoms with Crippen LogP contribution < -0.4 is 0 Å². The number of carbonyl (C=O) groups excluding carboxylic acids is 1. The average molecular weight is 430 g/mol. The Bertz CT molecular complexity index is 1020. The number of carbonyl (C=O) groups is 1. The summed E-state index contributed by atoms with van der Waals surface area (Å²) >= 11 is 3.53. The third kappa shape index (κ3) is 3.43. The second kappa shape index (κ2) is 6.51. The van der Waals surface area contributed by atoms with Crippen molar-refractivity contribution in [3.63, 3.8) is 0 Å². The second-order valence-electron chi connectivity index (χ2n) is 8.28. The van der Waals surface area contributed by atoms with Crippen LogP contribution in [0.25, 0.3) is 21.8 Å². The van der Waals surface area contributed by atoms with Crippen molar-refractivity contribution >= 4 is 43.8 Å². The SMILES string of the molecule is CC1CC[C@@H](c2nc3ccc4cc(Br)ccc4c3[nH]2)N1C(=O)OC(C)(C)C. The van der Waals surface area contributed by atoms with E-state index in [1.54, 1.807) is 0 Å². The number of imidazole rings is 1. The molecule has 0 saturated carbocycles. The van der Waals surface area contributed by atoms with E-state index < -0.39 is 5.60 Å². The number of ether oxygens (including phenoxy) is 1. The second-order valence-corrected chi connectivity index (χ2v) is 9.19. The lowest BCUT2D eigenvalue weighted by molar-refractivity contribution is 0.0152. The first-order chi connectivity index (χ1) is 12.7. The first-order valence-electron chi connectivity index (χ1n) is 9.32. The van der Waals surface area contributed by atoms with Gasteiger partial charge in [0.05, 0.1) is 17.1 Å². The number of fused-ring (bicyclic) bond motifs is 3. The van der Waals surface area contributed by atoms with Gasteiger partial charge in [-0.15, -0.1) is 0 Å². The van der Waals surface area contributed by atoms with Crippen LogP contribution in [-0.2, 0) is 4.74 Å². The monoisotopic (exact) mass is 429 g/mol. The number of rotatable bonds is 1. The van der Waals surface area contributed by atoms with E-state index in [9.17, 15) is 4.79 Å². The fourth-order valence-corrected chi connectivity index (χ4v) is 4.21. The molecule has 0 aliphatic carbocycles. The molecular weight excluding hydrogens is 406 g/mol. The molecule has 142 valence electrons. The predicted molar refractivity (Wildman–Crippen MR) is 111 cm³/mol. The van der Waals surface area contributed by atoms with Crippen molar-refractivity contribution in [2.45, 2.75) is 58.2 Å². The van der Waals surface area contributed by atoms with Crippen LogP contribution in [0.1, 0.15) is 52.4 Å². The van der Waals surface area contributed by atoms with Crippen molar-refractivity contribution in [3.05, 3.63) is 40.6 Å². The zero-order chi connectivity index (χ0) is 19.3. The smallest absolute Gasteiger partial charge is 0.411 e. The van der Waals surface area contributed by atoms with Crippen LogP contribution >= 0.6 is 15.9 Å². The summed E-state index contributed by atoms with van der Waals surface area (Å²) < 4.78 is 6.69. The lowest BCUT2D eigenvalue weighted by Crippen LogP contribution is -2.40. The zero-order valence-corrected chi connectivity index (χ0v) is 17.6. The van der Waals surface area contributed by atoms with Crippen LogP contribution in [0.2, 0.25) is 0 Å². The maximum absolute atomic E-state index is 12.8. The molecule has 1 aliphatic heterocycles. The predicted octanol–water partition coefficient (Wildman–Crippen LogP) is 5.94. The van der Waals surface area contributed by atoms with Crippen LogP contribution in [0.5, 0.6) is 0 Å². The molecule has 1 aromatic heterocycles. The lowest BCUT2D eigenvalue weighted by atomic mass is 10.1. The quantitative estimate of drug-likeness (QED) is 0.520. The molecule has 1 N–H and O–H groups in total. The summed E-state index contributed by atoms with van der Waals surface area (Å²) in [5.41, 5.74) is 1.42. The number of likely N-dealkylation sites (tertiary alicyclic amines) is 1. The molecule has 1 fully saturated rings. The van der Waals surface area contributed by atoms with Crippen LogP contribution in [-0.4, -0.2) is 32.6 Å². The Morgan fingerprint density at radius 3 is 2.78 bits per heavy atom. The highest BCUT2D eigenvalue weighted by Gasteiger charge is 2.39. The number of nitrogens with one attached hydrogen (secondary N) is 1. The standard InChI is InChI=1S/C21H24BrN3O2/c1-12-5-10-17(25(12)20(26)27-21(2,3)4)19-23-16-9-6-13-11-14(22)7-8-15(13)18(16)24-19/h6-9,11-12,17H,5,10H2,1-4H3,(H,23,24)/t12?,17-/m0/s1. The normalized spacial score (nSPS) is 20.6. The van der Waals surface area contributed by atoms with Gasteiger partial charge in [-0.3, -0.25) is 4.90 Å². The number of aromatic amines is 1. The van der Waals surface area contributed by atoms with Gasteiger partial charge in [0.25, 0.3) is 0 Å². The molecule has 2 heterocycles. The van der Waals surface area contributed by atoms with Gasteiger partial charge in [-0.05, 0) is 64.1 Å². The first kappa shape index (κ1) is 18.3. The van der Waals surface area contributed by atoms with Crippen molar-refractivity contribution in [2.75, 3.05) is 0 Å². The van der Waals surface area contributed by atoms with Gasteiger partial charge in [0.2, 0.25) is 0 Å². The van der Waals surface area contributed by atoms with Gasteiger partial charge < -0.3 is 9.72 Å². The number of hydrogen-bond donors (Lipinski definition) is 1. The van der Waals surface area contributed by atoms with E-state index in [4.69, 9.17) is 9.72 Å². The molecule has 1 aliphatic rings. The minimum atomic E-state index is -0.512. The highest BCUT2D eigenvalue weighted by Crippen LogP contribution is 2.37. The number of aromatic nitrogens is 2. The maximum atomic E-state index is 12.8. The van der Waals surface area contributed by atoms with Gasteiger partial charge in [-0.2, -0.15) is 0 Å². The van der Waals surface area contributed by atoms with Crippen molar-refractivity contribution in [2.24, 2.45) is 0 Å². The molecule has 3 aromatic rings. The number of nitrogens with zero attached hydrogens (tertiary/aromatic N) is 2. The summed E-state index contributed by atoms with van der Waals surface area (Å²) in [6, 6.07) is 10.4. The Hall–Kier alpha value is -2.08. The minimum Gasteiger partial charge on any atom is -0.444 e. The molecule has 1 amide bonds. The van der Waals surface area contributed by atoms with E-state index in [0.29, 0.717) is 0 Å². The molecule has 0 spiro atoms. The Balaban J connectivity index is 1.74. The fraction of sp³-hybridized carbons (Fsp3) is 0.429. The molecule has 0 bridgehead atoms. The van der Waals surface area contributed by atoms with E-state index >= 15 is 0 Å². The highest BCUT2D eigenvalue weighted by molar-refractivity contribution is 9.10. The van der Waals surface area contributed by atoms with E-state index in [-0.39, 0.29) is 18.2 Å². The third-order valence-electron chi connectivity index (χ3n) is 5.04. The number of amides is 1. The van der Waals surface area contributed by atoms with E-state index in [1.165, 1.54) is 0 Å². The molecule has 1 saturated heterocycles. The molecule has 6 heteroatoms. The molecule has 2 atom stereocenters. The third-order valence-corrected chi connectivity index (χ3v) is 5.54. The largest absolute Gasteiger partial charge is 0.444 e. The van der Waals surface area contributed by atoms with Gasteiger partial charge in [0.15, 0.2) is 0 Å². The Morgan fingerprint density at radius 1 is 1.26 bits per heavy atom. The lowest BCUT2D eigenvalue weighted by Gasteiger charge is -2.30. The van der Waals surface area contributed by atoms with Crippen LogP contribution in [0.4, 0.5) is 4.79 Å². The highest BCUT2D eigenvalue weighted by atomic mass is 79.9. The summed E-state index contributed by atoms with van der Waals surface area (Å²) in [7, 11) is 0. The van der Waals surface area contributed by atoms with Crippen LogP contribution in [0.3, 0.4) is 0 Å². The number of H-pyrrole nitrogens is 1. The number of benzene rings is 2. The Morgan fingerprint density at radius 2 is 2.04 bits per heavy atom. The fourth-order valence-electron chi connectivity index (χ4n) is 3.83. The molecule has 27 heavy (non-hydrogen) atoms. The summed E-state index contributed by atoms with van der Waals surface area (Å²) in [5, 5.41) is 2.28. The Labute approximate surface area is 167 Å². The summed E-state index contributed by atoms with van der Waals surface area (Å²) in [6.45, 7) is 7.75. The average Bonchev–Trinajstić information content (AvgIpc) is 3.16. The summed E-state index contributed by atoms with van der Waals surface area (Å²) in [4.78, 5) is 22.9. The zero-order valence-electron chi connectivity index (χ0n) is 16.0. The Kier molecular flexibility index (Phi) is 4.41. The molecule has 5 nitrogen and oxygen atoms in total. The number of halogens is 1. The summed E-state index contributed by atoms with van der Waals surface area (Å²) in [6.07, 6.45) is 1.55. The maximum Gasteiger partial charge on any atom is 0.411 e. The topological polar surface area (TPSA) is 58.2 Å². The van der Waals surface area contributed by atoms with Crippen molar-refractivity contribution in [1.82, 2.24) is 14.9 Å². The molecule has 4 rings (SSSR count). The molecular formula is C21H24BrN3O2. The molecule has 1 unspecified atom stereocenters. The van der Waals surface area contributed by atoms with Gasteiger partial charge in [-0.25, -0.2) is 9.78 Å². The van der Waals surface area contributed by atoms with Gasteiger partial charge in [0.1, 0.15) is 11.4 Å². The van der Waals surface area contributed by atoms with Crippen molar-refractivity contribution in [3.8, 4) is 0 Å². The van der Waals surface area contributed by atoms with Gasteiger partial charge in [0, 0.05) is 15.9 Å². The minimum absolute atomic E-state index is 0.0900. The summed E-state index contributed by atoms with van der Waals surface area (Å²) in [5.74, 6) is 0.829. The van der Waals surface area contributed by atoms with Crippen molar-refractivity contribution in [1.29, 1.82) is 0 Å². The van der Waals surface area contributed by atoms with Gasteiger partial charge >= 0.3 is 6.09 Å². The molecule has 0 radical (unpaired) electrons. The van der Waals surface area contributed by atoms with Gasteiger partial charge in [-0.1, -0.05) is 28.1 Å². The van der Waals surface area contributed by atoms with E-state index in [0.717, 1.165) is 44.9 Å². The first-order valence-corrected chi connectivity index (χ1v) is 10.1.